The van der Waals surface area contributed by atoms with Crippen molar-refractivity contribution in [3.05, 3.63) is 42.1 Å². The van der Waals surface area contributed by atoms with Crippen LogP contribution < -0.4 is 0 Å². The van der Waals surface area contributed by atoms with E-state index in [1.165, 1.54) is 18.6 Å². The molecule has 2 rings (SSSR count). The number of hydrogen-bond donors (Lipinski definition) is 0. The molecule has 1 aliphatic heterocycles. The number of benzene rings is 1. The molecule has 0 saturated heterocycles. The number of para-hydroxylation sites is 1. The minimum absolute atomic E-state index is 0.0343. The Bertz CT molecular complexity index is 527. The molecule has 0 N–H and O–H groups in total. The lowest BCUT2D eigenvalue weighted by Gasteiger charge is -1.98. The van der Waals surface area contributed by atoms with Crippen LogP contribution in [0.25, 0.3) is 0 Å². The molecular formula is C13H11N3O. The van der Waals surface area contributed by atoms with Crippen molar-refractivity contribution in [1.29, 1.82) is 0 Å². The van der Waals surface area contributed by atoms with Gasteiger partial charge in [0.05, 0.1) is 5.69 Å². The van der Waals surface area contributed by atoms with Crippen molar-refractivity contribution in [3.8, 4) is 0 Å². The van der Waals surface area contributed by atoms with Crippen LogP contribution in [0.1, 0.15) is 12.0 Å². The second kappa shape index (κ2) is 5.65. The molecule has 0 aromatic heterocycles. The summed E-state index contributed by atoms with van der Waals surface area (Å²) in [4.78, 5) is 23.5. The molecule has 1 aliphatic rings. The molecule has 84 valence electrons. The predicted molar refractivity (Wildman–Crippen MR) is 69.4 cm³/mol. The van der Waals surface area contributed by atoms with E-state index >= 15 is 0 Å². The SMILES string of the molecule is O=C1C=CN=CN=Cc2ccccc2N=CC1. The zero-order valence-corrected chi connectivity index (χ0v) is 9.15. The quantitative estimate of drug-likeness (QED) is 0.668. The molecule has 17 heavy (non-hydrogen) atoms. The lowest BCUT2D eigenvalue weighted by Crippen LogP contribution is -1.93. The maximum atomic E-state index is 11.3. The number of fused-ring (bicyclic) bond motifs is 1. The highest BCUT2D eigenvalue weighted by molar-refractivity contribution is 6.00. The van der Waals surface area contributed by atoms with Crippen molar-refractivity contribution in [2.75, 3.05) is 0 Å². The van der Waals surface area contributed by atoms with Gasteiger partial charge >= 0.3 is 0 Å². The standard InChI is InChI=1S/C13H11N3O/c17-12-5-7-14-10-15-9-11-3-1-2-4-13(11)16-8-6-12/h1-5,7-10H,6H2. The van der Waals surface area contributed by atoms with E-state index in [4.69, 9.17) is 0 Å². The fraction of sp³-hybridized carbons (Fsp3) is 0.0769. The number of rotatable bonds is 0. The lowest BCUT2D eigenvalue weighted by atomic mass is 10.2. The average Bonchev–Trinajstić information content (AvgIpc) is 2.33. The van der Waals surface area contributed by atoms with E-state index in [0.717, 1.165) is 11.3 Å². The highest BCUT2D eigenvalue weighted by Crippen LogP contribution is 2.16. The largest absolute Gasteiger partial charge is 0.294 e. The van der Waals surface area contributed by atoms with Gasteiger partial charge in [-0.3, -0.25) is 9.79 Å². The molecule has 0 radical (unpaired) electrons. The van der Waals surface area contributed by atoms with E-state index < -0.39 is 0 Å². The summed E-state index contributed by atoms with van der Waals surface area (Å²) < 4.78 is 0. The Morgan fingerprint density at radius 3 is 2.94 bits per heavy atom. The Morgan fingerprint density at radius 1 is 1.12 bits per heavy atom. The Balaban J connectivity index is 2.36. The van der Waals surface area contributed by atoms with Crippen molar-refractivity contribution in [1.82, 2.24) is 0 Å². The first-order valence-electron chi connectivity index (χ1n) is 5.22. The molecule has 4 nitrogen and oxygen atoms in total. The van der Waals surface area contributed by atoms with Crippen LogP contribution in [-0.4, -0.2) is 24.6 Å². The fourth-order valence-corrected chi connectivity index (χ4v) is 1.33. The van der Waals surface area contributed by atoms with E-state index in [-0.39, 0.29) is 12.2 Å². The van der Waals surface area contributed by atoms with Gasteiger partial charge in [0.25, 0.3) is 0 Å². The Hall–Kier alpha value is -2.36. The third kappa shape index (κ3) is 3.31. The summed E-state index contributed by atoms with van der Waals surface area (Å²) >= 11 is 0. The van der Waals surface area contributed by atoms with E-state index in [2.05, 4.69) is 15.0 Å². The number of allylic oxidation sites excluding steroid dienone is 1. The summed E-state index contributed by atoms with van der Waals surface area (Å²) in [6, 6.07) is 7.59. The van der Waals surface area contributed by atoms with Gasteiger partial charge in [0.15, 0.2) is 5.78 Å². The van der Waals surface area contributed by atoms with Gasteiger partial charge in [-0.2, -0.15) is 0 Å². The van der Waals surface area contributed by atoms with Crippen LogP contribution in [0.15, 0.2) is 51.5 Å². The van der Waals surface area contributed by atoms with Gasteiger partial charge in [-0.25, -0.2) is 9.98 Å². The summed E-state index contributed by atoms with van der Waals surface area (Å²) in [7, 11) is 0. The van der Waals surface area contributed by atoms with Gasteiger partial charge in [0, 0.05) is 30.6 Å². The van der Waals surface area contributed by atoms with Crippen LogP contribution in [-0.2, 0) is 4.79 Å². The van der Waals surface area contributed by atoms with Crippen LogP contribution in [0, 0.1) is 0 Å². The van der Waals surface area contributed by atoms with Crippen molar-refractivity contribution >= 4 is 30.2 Å². The second-order valence-electron chi connectivity index (χ2n) is 3.40. The van der Waals surface area contributed by atoms with Crippen molar-refractivity contribution in [3.63, 3.8) is 0 Å². The summed E-state index contributed by atoms with van der Waals surface area (Å²) in [5.74, 6) is -0.0343. The predicted octanol–water partition coefficient (Wildman–Crippen LogP) is 2.32. The number of ketones is 1. The van der Waals surface area contributed by atoms with Gasteiger partial charge in [-0.15, -0.1) is 0 Å². The molecule has 0 saturated carbocycles. The monoisotopic (exact) mass is 225 g/mol. The molecule has 1 aromatic carbocycles. The molecule has 0 aliphatic carbocycles. The first-order valence-corrected chi connectivity index (χ1v) is 5.22. The normalized spacial score (nSPS) is 15.2. The van der Waals surface area contributed by atoms with Crippen LogP contribution in [0.3, 0.4) is 0 Å². The summed E-state index contributed by atoms with van der Waals surface area (Å²) in [6.45, 7) is 0. The van der Waals surface area contributed by atoms with Crippen molar-refractivity contribution < 1.29 is 4.79 Å². The maximum Gasteiger partial charge on any atom is 0.162 e. The molecule has 0 fully saturated rings. The van der Waals surface area contributed by atoms with Crippen LogP contribution in [0.5, 0.6) is 0 Å². The van der Waals surface area contributed by atoms with E-state index in [1.807, 2.05) is 24.3 Å². The summed E-state index contributed by atoms with van der Waals surface area (Å²) in [5, 5.41) is 0. The molecule has 1 aromatic rings. The minimum atomic E-state index is -0.0343. The smallest absolute Gasteiger partial charge is 0.162 e. The molecular weight excluding hydrogens is 214 g/mol. The average molecular weight is 225 g/mol. The number of nitrogens with zero attached hydrogens (tertiary/aromatic N) is 3. The van der Waals surface area contributed by atoms with Crippen LogP contribution in [0.2, 0.25) is 0 Å². The van der Waals surface area contributed by atoms with Crippen molar-refractivity contribution in [2.45, 2.75) is 6.42 Å². The summed E-state index contributed by atoms with van der Waals surface area (Å²) in [5.41, 5.74) is 1.69. The molecule has 0 unspecified atom stereocenters. The topological polar surface area (TPSA) is 54.1 Å². The maximum absolute atomic E-state index is 11.3. The van der Waals surface area contributed by atoms with E-state index in [9.17, 15) is 4.79 Å². The van der Waals surface area contributed by atoms with Crippen LogP contribution >= 0.6 is 0 Å². The Kier molecular flexibility index (Phi) is 3.70. The number of carbonyl (C=O) groups is 1. The van der Waals surface area contributed by atoms with Crippen molar-refractivity contribution in [2.24, 2.45) is 15.0 Å². The minimum Gasteiger partial charge on any atom is -0.294 e. The number of hydrogen-bond acceptors (Lipinski definition) is 4. The molecule has 0 atom stereocenters. The summed E-state index contributed by atoms with van der Waals surface area (Å²) in [6.07, 6.45) is 7.80. The zero-order chi connectivity index (χ0) is 11.9. The van der Waals surface area contributed by atoms with Gasteiger partial charge in [0.2, 0.25) is 0 Å². The zero-order valence-electron chi connectivity index (χ0n) is 9.15. The molecule has 0 bridgehead atoms. The molecule has 0 amide bonds. The third-order valence-corrected chi connectivity index (χ3v) is 2.15. The molecule has 0 spiro atoms. The first-order chi connectivity index (χ1) is 8.36. The fourth-order valence-electron chi connectivity index (χ4n) is 1.33. The highest BCUT2D eigenvalue weighted by atomic mass is 16.1. The van der Waals surface area contributed by atoms with E-state index in [0.29, 0.717) is 0 Å². The van der Waals surface area contributed by atoms with Crippen LogP contribution in [0.4, 0.5) is 5.69 Å². The second-order valence-corrected chi connectivity index (χ2v) is 3.40. The molecule has 1 heterocycles. The molecule has 4 heteroatoms. The Morgan fingerprint density at radius 2 is 2.00 bits per heavy atom. The van der Waals surface area contributed by atoms with Gasteiger partial charge in [-0.1, -0.05) is 18.2 Å². The first kappa shape index (κ1) is 11.1. The third-order valence-electron chi connectivity index (χ3n) is 2.15. The number of aliphatic imine (C=N–C) groups is 3. The van der Waals surface area contributed by atoms with E-state index in [1.54, 1.807) is 12.4 Å². The van der Waals surface area contributed by atoms with Gasteiger partial charge in [-0.05, 0) is 12.1 Å². The van der Waals surface area contributed by atoms with Gasteiger partial charge < -0.3 is 0 Å². The lowest BCUT2D eigenvalue weighted by molar-refractivity contribution is -0.113. The Labute approximate surface area is 99.1 Å². The highest BCUT2D eigenvalue weighted by Gasteiger charge is 1.97. The number of carbonyl (C=O) groups excluding carboxylic acids is 1. The van der Waals surface area contributed by atoms with Gasteiger partial charge in [0.1, 0.15) is 6.34 Å².